The topological polar surface area (TPSA) is 66.8 Å². The molecule has 4 heteroatoms. The normalized spacial score (nSPS) is 50.2. The summed E-state index contributed by atoms with van der Waals surface area (Å²) in [5.74, 6) is 3.36. The van der Waals surface area contributed by atoms with Gasteiger partial charge in [0.25, 0.3) is 0 Å². The Labute approximate surface area is 176 Å². The maximum Gasteiger partial charge on any atom is 0.305 e. The van der Waals surface area contributed by atoms with Crippen LogP contribution in [0.2, 0.25) is 0 Å². The lowest BCUT2D eigenvalue weighted by molar-refractivity contribution is -0.175. The zero-order valence-electron chi connectivity index (χ0n) is 18.9. The van der Waals surface area contributed by atoms with Crippen molar-refractivity contribution in [1.82, 2.24) is 0 Å². The number of hydrogen-bond donors (Lipinski definition) is 2. The summed E-state index contributed by atoms with van der Waals surface area (Å²) in [5, 5.41) is 21.8. The first-order valence-electron chi connectivity index (χ1n) is 12.1. The van der Waals surface area contributed by atoms with Crippen molar-refractivity contribution in [2.24, 2.45) is 46.3 Å². The summed E-state index contributed by atoms with van der Waals surface area (Å²) in [4.78, 5) is 11.6. The van der Waals surface area contributed by atoms with Crippen LogP contribution in [0.3, 0.4) is 0 Å². The Kier molecular flexibility index (Phi) is 5.83. The van der Waals surface area contributed by atoms with Gasteiger partial charge >= 0.3 is 5.97 Å². The number of carbonyl (C=O) groups is 1. The van der Waals surface area contributed by atoms with Gasteiger partial charge in [-0.3, -0.25) is 4.79 Å². The van der Waals surface area contributed by atoms with Crippen LogP contribution in [0.25, 0.3) is 0 Å². The summed E-state index contributed by atoms with van der Waals surface area (Å²) in [7, 11) is 1.46. The second kappa shape index (κ2) is 7.82. The summed E-state index contributed by atoms with van der Waals surface area (Å²) in [6.07, 6.45) is 9.86. The third kappa shape index (κ3) is 3.37. The van der Waals surface area contributed by atoms with Crippen LogP contribution in [0.5, 0.6) is 0 Å². The van der Waals surface area contributed by atoms with Gasteiger partial charge < -0.3 is 14.9 Å². The molecule has 0 aromatic rings. The fraction of sp³-hybridized carbons (Fsp3) is 0.960. The lowest BCUT2D eigenvalue weighted by atomic mass is 9.43. The van der Waals surface area contributed by atoms with E-state index < -0.39 is 0 Å². The van der Waals surface area contributed by atoms with Gasteiger partial charge in [-0.1, -0.05) is 20.8 Å². The number of carbonyl (C=O) groups excluding carboxylic acids is 1. The fourth-order valence-corrected chi connectivity index (χ4v) is 8.81. The molecule has 0 aromatic heterocycles. The van der Waals surface area contributed by atoms with Crippen LogP contribution in [-0.2, 0) is 9.53 Å². The highest BCUT2D eigenvalue weighted by Crippen LogP contribution is 2.68. The molecule has 0 amide bonds. The molecule has 29 heavy (non-hydrogen) atoms. The number of aliphatic hydroxyl groups excluding tert-OH is 2. The monoisotopic (exact) mass is 406 g/mol. The van der Waals surface area contributed by atoms with Crippen molar-refractivity contribution in [3.8, 4) is 0 Å². The third-order valence-electron chi connectivity index (χ3n) is 10.5. The van der Waals surface area contributed by atoms with Gasteiger partial charge in [0.2, 0.25) is 0 Å². The van der Waals surface area contributed by atoms with Gasteiger partial charge in [-0.2, -0.15) is 0 Å². The van der Waals surface area contributed by atoms with E-state index >= 15 is 0 Å². The molecule has 0 aliphatic heterocycles. The molecule has 0 spiro atoms. The predicted molar refractivity (Wildman–Crippen MR) is 113 cm³/mol. The molecule has 4 rings (SSSR count). The molecule has 2 N–H and O–H groups in total. The van der Waals surface area contributed by atoms with Crippen LogP contribution in [0, 0.1) is 46.3 Å². The maximum atomic E-state index is 11.6. The summed E-state index contributed by atoms with van der Waals surface area (Å²) in [5.41, 5.74) is 0.271. The van der Waals surface area contributed by atoms with Crippen molar-refractivity contribution < 1.29 is 19.7 Å². The van der Waals surface area contributed by atoms with Crippen LogP contribution in [0.4, 0.5) is 0 Å². The second-order valence-electron chi connectivity index (χ2n) is 11.5. The number of esters is 1. The van der Waals surface area contributed by atoms with E-state index in [4.69, 9.17) is 4.74 Å². The Morgan fingerprint density at radius 2 is 1.83 bits per heavy atom. The minimum Gasteiger partial charge on any atom is -0.469 e. The molecule has 10 atom stereocenters. The summed E-state index contributed by atoms with van der Waals surface area (Å²) in [6, 6.07) is 0. The van der Waals surface area contributed by atoms with E-state index in [-0.39, 0.29) is 23.6 Å². The molecule has 0 radical (unpaired) electrons. The highest BCUT2D eigenvalue weighted by Gasteiger charge is 2.63. The molecule has 4 saturated carbocycles. The summed E-state index contributed by atoms with van der Waals surface area (Å²) >= 11 is 0. The molecule has 4 nitrogen and oxygen atoms in total. The SMILES string of the molecule is COC(=O)CC[C@@H](C)[C@@H]1CC[C@@H]2[C@H]3CC[C@H]4C[C@@H](O)CC[C@]4(C)[C@@H]3C[C@@H](O)[C@@]21C. The minimum absolute atomic E-state index is 0.0198. The molecule has 0 aromatic carbocycles. The maximum absolute atomic E-state index is 11.6. The van der Waals surface area contributed by atoms with Crippen molar-refractivity contribution in [1.29, 1.82) is 0 Å². The Bertz CT molecular complexity index is 620. The number of fused-ring (bicyclic) bond motifs is 5. The van der Waals surface area contributed by atoms with E-state index in [9.17, 15) is 15.0 Å². The molecule has 0 saturated heterocycles. The smallest absolute Gasteiger partial charge is 0.305 e. The van der Waals surface area contributed by atoms with Crippen molar-refractivity contribution in [2.75, 3.05) is 7.11 Å². The first-order chi connectivity index (χ1) is 13.7. The van der Waals surface area contributed by atoms with Crippen LogP contribution in [0.15, 0.2) is 0 Å². The number of hydrogen-bond acceptors (Lipinski definition) is 4. The van der Waals surface area contributed by atoms with Gasteiger partial charge in [0, 0.05) is 6.42 Å². The minimum atomic E-state index is -0.246. The van der Waals surface area contributed by atoms with Crippen LogP contribution in [0.1, 0.15) is 85.0 Å². The van der Waals surface area contributed by atoms with Crippen molar-refractivity contribution in [3.05, 3.63) is 0 Å². The second-order valence-corrected chi connectivity index (χ2v) is 11.5. The molecular formula is C25H42O4. The quantitative estimate of drug-likeness (QED) is 0.671. The lowest BCUT2D eigenvalue weighted by Crippen LogP contribution is -2.58. The molecule has 0 unspecified atom stereocenters. The van der Waals surface area contributed by atoms with Gasteiger partial charge in [-0.15, -0.1) is 0 Å². The number of aliphatic hydroxyl groups is 2. The molecule has 0 bridgehead atoms. The van der Waals surface area contributed by atoms with Gasteiger partial charge in [0.15, 0.2) is 0 Å². The summed E-state index contributed by atoms with van der Waals surface area (Å²) in [6.45, 7) is 7.12. The third-order valence-corrected chi connectivity index (χ3v) is 10.5. The van der Waals surface area contributed by atoms with Gasteiger partial charge in [0.1, 0.15) is 0 Å². The highest BCUT2D eigenvalue weighted by atomic mass is 16.5. The predicted octanol–water partition coefficient (Wildman–Crippen LogP) is 4.57. The zero-order chi connectivity index (χ0) is 21.0. The van der Waals surface area contributed by atoms with Gasteiger partial charge in [-0.25, -0.2) is 0 Å². The van der Waals surface area contributed by atoms with E-state index in [2.05, 4.69) is 20.8 Å². The molecule has 4 fully saturated rings. The molecule has 166 valence electrons. The first kappa shape index (κ1) is 21.6. The molecule has 0 heterocycles. The van der Waals surface area contributed by atoms with Crippen LogP contribution >= 0.6 is 0 Å². The fourth-order valence-electron chi connectivity index (χ4n) is 8.81. The molecule has 4 aliphatic carbocycles. The van der Waals surface area contributed by atoms with Crippen molar-refractivity contribution in [3.63, 3.8) is 0 Å². The highest BCUT2D eigenvalue weighted by molar-refractivity contribution is 5.69. The molecule has 4 aliphatic rings. The van der Waals surface area contributed by atoms with Crippen LogP contribution < -0.4 is 0 Å². The van der Waals surface area contributed by atoms with E-state index in [1.165, 1.54) is 32.8 Å². The standard InChI is InChI=1S/C25H42O4/c1-15(5-10-23(28)29-4)19-8-9-20-18-7-6-16-13-17(26)11-12-24(16,2)21(18)14-22(27)25(19,20)3/h15-22,26-27H,5-14H2,1-4H3/t15-,16+,17+,18-,19+,20-,21-,22-,24+,25-/m1/s1. The Morgan fingerprint density at radius 1 is 1.07 bits per heavy atom. The van der Waals surface area contributed by atoms with Crippen molar-refractivity contribution >= 4 is 5.97 Å². The summed E-state index contributed by atoms with van der Waals surface area (Å²) < 4.78 is 4.85. The Balaban J connectivity index is 1.53. The lowest BCUT2D eigenvalue weighted by Gasteiger charge is -2.62. The first-order valence-corrected chi connectivity index (χ1v) is 12.1. The average molecular weight is 407 g/mol. The Morgan fingerprint density at radius 3 is 2.55 bits per heavy atom. The van der Waals surface area contributed by atoms with Crippen molar-refractivity contribution in [2.45, 2.75) is 97.2 Å². The number of ether oxygens (including phenoxy) is 1. The van der Waals surface area contributed by atoms with Gasteiger partial charge in [0.05, 0.1) is 19.3 Å². The van der Waals surface area contributed by atoms with E-state index in [0.29, 0.717) is 41.4 Å². The number of methoxy groups -OCH3 is 1. The Hall–Kier alpha value is -0.610. The van der Waals surface area contributed by atoms with Crippen LogP contribution in [-0.4, -0.2) is 35.5 Å². The van der Waals surface area contributed by atoms with E-state index in [1.54, 1.807) is 0 Å². The van der Waals surface area contributed by atoms with E-state index in [0.717, 1.165) is 38.0 Å². The van der Waals surface area contributed by atoms with Gasteiger partial charge in [-0.05, 0) is 104 Å². The van der Waals surface area contributed by atoms with E-state index in [1.807, 2.05) is 0 Å². The molecular weight excluding hydrogens is 364 g/mol. The number of rotatable bonds is 4. The largest absolute Gasteiger partial charge is 0.469 e. The average Bonchev–Trinajstić information content (AvgIpc) is 3.06. The zero-order valence-corrected chi connectivity index (χ0v) is 18.9.